The van der Waals surface area contributed by atoms with E-state index in [-0.39, 0.29) is 5.41 Å². The summed E-state index contributed by atoms with van der Waals surface area (Å²) in [6.45, 7) is 4.65. The fourth-order valence-electron chi connectivity index (χ4n) is 6.30. The standard InChI is InChI=1S/C37H29BrN2/c1-37(2)32-13-7-6-11-29(32)31-23-27(19-21-33(31)37)40(25-9-4-3-5-10-25)26-17-15-24(16-18-26)28-20-22-35(39)36-30(28)12-8-14-34(36)38/h3-23H,39H2,1-2H3. The van der Waals surface area contributed by atoms with Crippen LogP contribution in [0.1, 0.15) is 25.0 Å². The van der Waals surface area contributed by atoms with Crippen LogP contribution in [0.25, 0.3) is 33.0 Å². The minimum Gasteiger partial charge on any atom is -0.398 e. The highest BCUT2D eigenvalue weighted by molar-refractivity contribution is 9.10. The number of fused-ring (bicyclic) bond motifs is 4. The minimum atomic E-state index is -0.0134. The van der Waals surface area contributed by atoms with Crippen LogP contribution >= 0.6 is 15.9 Å². The van der Waals surface area contributed by atoms with E-state index in [1.165, 1.54) is 27.8 Å². The van der Waals surface area contributed by atoms with Gasteiger partial charge in [-0.2, -0.15) is 0 Å². The largest absolute Gasteiger partial charge is 0.398 e. The van der Waals surface area contributed by atoms with Crippen LogP contribution in [0.4, 0.5) is 22.7 Å². The van der Waals surface area contributed by atoms with E-state index in [0.717, 1.165) is 43.6 Å². The Morgan fingerprint density at radius 3 is 2.05 bits per heavy atom. The van der Waals surface area contributed by atoms with Crippen LogP contribution in [-0.4, -0.2) is 0 Å². The SMILES string of the molecule is CC1(C)c2ccccc2-c2cc(N(c3ccccc3)c3ccc(-c4ccc(N)c5c(Br)cccc45)cc3)ccc21. The van der Waals surface area contributed by atoms with E-state index in [4.69, 9.17) is 5.73 Å². The maximum absolute atomic E-state index is 6.35. The van der Waals surface area contributed by atoms with Gasteiger partial charge >= 0.3 is 0 Å². The molecule has 7 rings (SSSR count). The molecule has 0 saturated carbocycles. The Labute approximate surface area is 243 Å². The summed E-state index contributed by atoms with van der Waals surface area (Å²) in [4.78, 5) is 2.34. The van der Waals surface area contributed by atoms with Crippen molar-refractivity contribution in [2.45, 2.75) is 19.3 Å². The molecule has 0 spiro atoms. The summed E-state index contributed by atoms with van der Waals surface area (Å²) in [5.74, 6) is 0. The molecule has 0 aromatic heterocycles. The van der Waals surface area contributed by atoms with Gasteiger partial charge < -0.3 is 10.6 Å². The molecule has 0 atom stereocenters. The minimum absolute atomic E-state index is 0.0134. The molecular formula is C37H29BrN2. The Balaban J connectivity index is 1.35. The average Bonchev–Trinajstić information content (AvgIpc) is 3.21. The third-order valence-electron chi connectivity index (χ3n) is 8.30. The molecule has 0 fully saturated rings. The highest BCUT2D eigenvalue weighted by atomic mass is 79.9. The third kappa shape index (κ3) is 3.84. The number of rotatable bonds is 4. The number of hydrogen-bond acceptors (Lipinski definition) is 2. The van der Waals surface area contributed by atoms with Crippen LogP contribution in [0.3, 0.4) is 0 Å². The van der Waals surface area contributed by atoms with Gasteiger partial charge in [0, 0.05) is 38.0 Å². The number of hydrogen-bond donors (Lipinski definition) is 1. The van der Waals surface area contributed by atoms with Crippen molar-refractivity contribution in [2.75, 3.05) is 10.6 Å². The summed E-state index contributed by atoms with van der Waals surface area (Å²) < 4.78 is 1.01. The van der Waals surface area contributed by atoms with E-state index in [1.807, 2.05) is 12.1 Å². The van der Waals surface area contributed by atoms with Crippen LogP contribution in [0.5, 0.6) is 0 Å². The van der Waals surface area contributed by atoms with E-state index >= 15 is 0 Å². The van der Waals surface area contributed by atoms with Gasteiger partial charge in [-0.05, 0) is 87.3 Å². The number of anilines is 4. The Bertz CT molecular complexity index is 1880. The summed E-state index contributed by atoms with van der Waals surface area (Å²) in [7, 11) is 0. The second-order valence-electron chi connectivity index (χ2n) is 11.0. The Kier molecular flexibility index (Phi) is 5.80. The summed E-state index contributed by atoms with van der Waals surface area (Å²) in [5, 5.41) is 2.19. The smallest absolute Gasteiger partial charge is 0.0468 e. The van der Waals surface area contributed by atoms with Crippen LogP contribution in [-0.2, 0) is 5.41 Å². The Hall–Kier alpha value is -4.34. The first-order valence-corrected chi connectivity index (χ1v) is 14.4. The van der Waals surface area contributed by atoms with Crippen molar-refractivity contribution >= 4 is 49.5 Å². The maximum Gasteiger partial charge on any atom is 0.0468 e. The van der Waals surface area contributed by atoms with Crippen molar-refractivity contribution in [1.82, 2.24) is 0 Å². The van der Waals surface area contributed by atoms with Gasteiger partial charge in [0.25, 0.3) is 0 Å². The van der Waals surface area contributed by atoms with E-state index < -0.39 is 0 Å². The van der Waals surface area contributed by atoms with Gasteiger partial charge in [0.05, 0.1) is 0 Å². The summed E-state index contributed by atoms with van der Waals surface area (Å²) in [6, 6.07) is 45.6. The fraction of sp³-hybridized carbons (Fsp3) is 0.0811. The zero-order valence-electron chi connectivity index (χ0n) is 22.5. The number of nitrogens with zero attached hydrogens (tertiary/aromatic N) is 1. The van der Waals surface area contributed by atoms with Gasteiger partial charge in [-0.15, -0.1) is 0 Å². The number of nitrogen functional groups attached to an aromatic ring is 1. The zero-order valence-corrected chi connectivity index (χ0v) is 24.1. The second kappa shape index (κ2) is 9.39. The van der Waals surface area contributed by atoms with Gasteiger partial charge in [0.2, 0.25) is 0 Å². The van der Waals surface area contributed by atoms with Gasteiger partial charge in [0.15, 0.2) is 0 Å². The molecule has 1 aliphatic carbocycles. The van der Waals surface area contributed by atoms with Crippen molar-refractivity contribution in [3.8, 4) is 22.3 Å². The lowest BCUT2D eigenvalue weighted by Gasteiger charge is -2.27. The second-order valence-corrected chi connectivity index (χ2v) is 11.8. The van der Waals surface area contributed by atoms with Crippen molar-refractivity contribution in [3.05, 3.63) is 143 Å². The Morgan fingerprint density at radius 1 is 0.575 bits per heavy atom. The lowest BCUT2D eigenvalue weighted by molar-refractivity contribution is 0.660. The molecular weight excluding hydrogens is 552 g/mol. The topological polar surface area (TPSA) is 29.3 Å². The van der Waals surface area contributed by atoms with Crippen molar-refractivity contribution in [3.63, 3.8) is 0 Å². The van der Waals surface area contributed by atoms with Crippen molar-refractivity contribution in [2.24, 2.45) is 0 Å². The van der Waals surface area contributed by atoms with E-state index in [0.29, 0.717) is 0 Å². The quantitative estimate of drug-likeness (QED) is 0.210. The first kappa shape index (κ1) is 24.7. The predicted molar refractivity (Wildman–Crippen MR) is 174 cm³/mol. The summed E-state index contributed by atoms with van der Waals surface area (Å²) in [6.07, 6.45) is 0. The molecule has 0 aliphatic heterocycles. The normalized spacial score (nSPS) is 13.2. The highest BCUT2D eigenvalue weighted by Gasteiger charge is 2.35. The molecule has 2 nitrogen and oxygen atoms in total. The van der Waals surface area contributed by atoms with Crippen molar-refractivity contribution < 1.29 is 0 Å². The van der Waals surface area contributed by atoms with Gasteiger partial charge in [-0.1, -0.05) is 109 Å². The molecule has 0 saturated heterocycles. The molecule has 2 N–H and O–H groups in total. The molecule has 6 aromatic rings. The lowest BCUT2D eigenvalue weighted by Crippen LogP contribution is -2.15. The molecule has 40 heavy (non-hydrogen) atoms. The summed E-state index contributed by atoms with van der Waals surface area (Å²) >= 11 is 3.69. The first-order chi connectivity index (χ1) is 19.4. The van der Waals surface area contributed by atoms with Crippen LogP contribution in [0.15, 0.2) is 132 Å². The molecule has 0 bridgehead atoms. The van der Waals surface area contributed by atoms with E-state index in [2.05, 4.69) is 150 Å². The van der Waals surface area contributed by atoms with Crippen molar-refractivity contribution in [1.29, 1.82) is 0 Å². The monoisotopic (exact) mass is 580 g/mol. The van der Waals surface area contributed by atoms with Gasteiger partial charge in [-0.25, -0.2) is 0 Å². The fourth-order valence-corrected chi connectivity index (χ4v) is 6.90. The van der Waals surface area contributed by atoms with E-state index in [9.17, 15) is 0 Å². The number of para-hydroxylation sites is 1. The number of nitrogens with two attached hydrogens (primary N) is 1. The Morgan fingerprint density at radius 2 is 1.25 bits per heavy atom. The maximum atomic E-state index is 6.35. The molecule has 1 aliphatic rings. The lowest BCUT2D eigenvalue weighted by atomic mass is 9.82. The molecule has 0 heterocycles. The molecule has 194 valence electrons. The van der Waals surface area contributed by atoms with Gasteiger partial charge in [0.1, 0.15) is 0 Å². The van der Waals surface area contributed by atoms with E-state index in [1.54, 1.807) is 0 Å². The van der Waals surface area contributed by atoms with Crippen LogP contribution in [0.2, 0.25) is 0 Å². The average molecular weight is 582 g/mol. The predicted octanol–water partition coefficient (Wildman–Crippen LogP) is 10.6. The molecule has 6 aromatic carbocycles. The first-order valence-electron chi connectivity index (χ1n) is 13.6. The van der Waals surface area contributed by atoms with Crippen LogP contribution in [0, 0.1) is 0 Å². The number of halogens is 1. The molecule has 3 heteroatoms. The third-order valence-corrected chi connectivity index (χ3v) is 8.96. The molecule has 0 amide bonds. The molecule has 0 radical (unpaired) electrons. The number of benzene rings is 6. The summed E-state index contributed by atoms with van der Waals surface area (Å²) in [5.41, 5.74) is 18.2. The van der Waals surface area contributed by atoms with Gasteiger partial charge in [-0.3, -0.25) is 0 Å². The van der Waals surface area contributed by atoms with Crippen LogP contribution < -0.4 is 10.6 Å². The highest BCUT2D eigenvalue weighted by Crippen LogP contribution is 2.50. The molecule has 0 unspecified atom stereocenters. The zero-order chi connectivity index (χ0) is 27.4.